The lowest BCUT2D eigenvalue weighted by molar-refractivity contribution is -0.133. The second-order valence-electron chi connectivity index (χ2n) is 9.60. The summed E-state index contributed by atoms with van der Waals surface area (Å²) in [5.41, 5.74) is 9.00. The van der Waals surface area contributed by atoms with Crippen LogP contribution in [0.5, 0.6) is 0 Å². The van der Waals surface area contributed by atoms with Crippen molar-refractivity contribution in [3.05, 3.63) is 47.0 Å². The highest BCUT2D eigenvalue weighted by atomic mass is 19.1. The fourth-order valence-electron chi connectivity index (χ4n) is 4.72. The van der Waals surface area contributed by atoms with Gasteiger partial charge >= 0.3 is 0 Å². The first-order valence-electron chi connectivity index (χ1n) is 12.9. The summed E-state index contributed by atoms with van der Waals surface area (Å²) in [6.45, 7) is 5.33. The molecule has 0 spiro atoms. The first-order valence-corrected chi connectivity index (χ1v) is 12.9. The van der Waals surface area contributed by atoms with Gasteiger partial charge in [0, 0.05) is 55.7 Å². The van der Waals surface area contributed by atoms with Gasteiger partial charge < -0.3 is 26.3 Å². The minimum Gasteiger partial charge on any atom is -0.360 e. The van der Waals surface area contributed by atoms with Gasteiger partial charge in [0.15, 0.2) is 0 Å². The highest BCUT2D eigenvalue weighted by molar-refractivity contribution is 6.34. The molecule has 2 aliphatic rings. The van der Waals surface area contributed by atoms with Gasteiger partial charge in [-0.3, -0.25) is 19.3 Å². The van der Waals surface area contributed by atoms with E-state index in [9.17, 15) is 18.8 Å². The molecule has 9 nitrogen and oxygen atoms in total. The second-order valence-corrected chi connectivity index (χ2v) is 9.60. The molecule has 1 aromatic heterocycles. The average molecular weight is 511 g/mol. The Bertz CT molecular complexity index is 1180. The number of unbranched alkanes of at least 4 members (excludes halogenated alkanes) is 3. The molecule has 10 heteroatoms. The number of rotatable bonds is 10. The van der Waals surface area contributed by atoms with Crippen LogP contribution in [-0.4, -0.2) is 71.8 Å². The number of aromatic nitrogens is 1. The van der Waals surface area contributed by atoms with Crippen LogP contribution in [0.15, 0.2) is 24.4 Å². The molecule has 0 unspecified atom stereocenters. The van der Waals surface area contributed by atoms with E-state index >= 15 is 0 Å². The lowest BCUT2D eigenvalue weighted by Crippen LogP contribution is -2.50. The van der Waals surface area contributed by atoms with Gasteiger partial charge in [0.25, 0.3) is 5.91 Å². The van der Waals surface area contributed by atoms with Crippen molar-refractivity contribution in [2.24, 2.45) is 5.73 Å². The summed E-state index contributed by atoms with van der Waals surface area (Å²) in [4.78, 5) is 44.5. The molecule has 1 saturated heterocycles. The summed E-state index contributed by atoms with van der Waals surface area (Å²) in [7, 11) is 0. The molecule has 5 N–H and O–H groups in total. The van der Waals surface area contributed by atoms with Crippen molar-refractivity contribution in [3.63, 3.8) is 0 Å². The molecule has 0 bridgehead atoms. The van der Waals surface area contributed by atoms with Crippen molar-refractivity contribution in [1.29, 1.82) is 0 Å². The van der Waals surface area contributed by atoms with Gasteiger partial charge in [0.05, 0.1) is 17.8 Å². The van der Waals surface area contributed by atoms with Gasteiger partial charge in [0.2, 0.25) is 11.8 Å². The molecule has 2 aromatic rings. The van der Waals surface area contributed by atoms with Crippen molar-refractivity contribution in [2.75, 3.05) is 49.9 Å². The van der Waals surface area contributed by atoms with E-state index in [0.29, 0.717) is 67.3 Å². The van der Waals surface area contributed by atoms with E-state index in [4.69, 9.17) is 5.73 Å². The SMILES string of the molecule is Cc1c(NC(=O)CN2CCN(C(=O)CCCCCCN)CC2)c[nH]c1C=C1C(=O)Nc2ccc(F)cc21. The van der Waals surface area contributed by atoms with Crippen molar-refractivity contribution < 1.29 is 18.8 Å². The number of nitrogens with zero attached hydrogens (tertiary/aromatic N) is 2. The molecule has 0 saturated carbocycles. The van der Waals surface area contributed by atoms with Crippen LogP contribution in [0, 0.1) is 12.7 Å². The summed E-state index contributed by atoms with van der Waals surface area (Å²) in [5, 5.41) is 5.66. The normalized spacial score (nSPS) is 16.7. The average Bonchev–Trinajstić information content (AvgIpc) is 3.38. The van der Waals surface area contributed by atoms with Crippen LogP contribution < -0.4 is 16.4 Å². The molecule has 1 fully saturated rings. The van der Waals surface area contributed by atoms with Gasteiger partial charge in [-0.05, 0) is 56.1 Å². The van der Waals surface area contributed by atoms with Crippen molar-refractivity contribution in [3.8, 4) is 0 Å². The largest absolute Gasteiger partial charge is 0.360 e. The fourth-order valence-corrected chi connectivity index (χ4v) is 4.72. The number of H-pyrrole nitrogens is 1. The number of halogens is 1. The summed E-state index contributed by atoms with van der Waals surface area (Å²) in [6.07, 6.45) is 7.91. The predicted octanol–water partition coefficient (Wildman–Crippen LogP) is 2.95. The topological polar surface area (TPSA) is 124 Å². The number of nitrogens with one attached hydrogen (secondary N) is 3. The van der Waals surface area contributed by atoms with E-state index in [-0.39, 0.29) is 24.3 Å². The van der Waals surface area contributed by atoms with E-state index in [1.54, 1.807) is 12.3 Å². The van der Waals surface area contributed by atoms with Crippen LogP contribution in [0.1, 0.15) is 48.9 Å². The van der Waals surface area contributed by atoms with E-state index in [1.807, 2.05) is 16.7 Å². The molecule has 1 aromatic carbocycles. The molecule has 37 heavy (non-hydrogen) atoms. The Morgan fingerprint density at radius 1 is 1.14 bits per heavy atom. The number of anilines is 2. The van der Waals surface area contributed by atoms with Crippen LogP contribution in [0.3, 0.4) is 0 Å². The third-order valence-electron chi connectivity index (χ3n) is 6.94. The zero-order valence-electron chi connectivity index (χ0n) is 21.2. The van der Waals surface area contributed by atoms with Crippen LogP contribution in [0.2, 0.25) is 0 Å². The molecule has 0 atom stereocenters. The highest BCUT2D eigenvalue weighted by Gasteiger charge is 2.26. The Kier molecular flexibility index (Phi) is 8.73. The number of piperazine rings is 1. The standard InChI is InChI=1S/C27H35FN6O3/c1-18-23(15-21-20-14-19(28)7-8-22(20)32-27(21)37)30-16-24(18)31-25(35)17-33-10-12-34(13-11-33)26(36)6-4-2-3-5-9-29/h7-8,14-16,30H,2-6,9-13,17,29H2,1H3,(H,31,35)(H,32,37). The summed E-state index contributed by atoms with van der Waals surface area (Å²) >= 11 is 0. The molecule has 0 radical (unpaired) electrons. The Balaban J connectivity index is 1.27. The molecule has 198 valence electrons. The molecule has 3 heterocycles. The minimum atomic E-state index is -0.416. The summed E-state index contributed by atoms with van der Waals surface area (Å²) in [6, 6.07) is 4.17. The maximum atomic E-state index is 13.7. The maximum absolute atomic E-state index is 13.7. The number of benzene rings is 1. The lowest BCUT2D eigenvalue weighted by Gasteiger charge is -2.34. The molecule has 4 rings (SSSR count). The maximum Gasteiger partial charge on any atom is 0.256 e. The lowest BCUT2D eigenvalue weighted by atomic mass is 10.0. The quantitative estimate of drug-likeness (QED) is 0.289. The van der Waals surface area contributed by atoms with Gasteiger partial charge in [-0.2, -0.15) is 0 Å². The number of fused-ring (bicyclic) bond motifs is 1. The second kappa shape index (κ2) is 12.2. The minimum absolute atomic E-state index is 0.146. The summed E-state index contributed by atoms with van der Waals surface area (Å²) < 4.78 is 13.7. The van der Waals surface area contributed by atoms with E-state index < -0.39 is 5.82 Å². The van der Waals surface area contributed by atoms with Crippen molar-refractivity contribution in [2.45, 2.75) is 39.0 Å². The molecule has 2 aliphatic heterocycles. The zero-order valence-corrected chi connectivity index (χ0v) is 21.2. The molecule has 3 amide bonds. The van der Waals surface area contributed by atoms with Crippen molar-refractivity contribution in [1.82, 2.24) is 14.8 Å². The van der Waals surface area contributed by atoms with Gasteiger partial charge in [-0.25, -0.2) is 4.39 Å². The van der Waals surface area contributed by atoms with Gasteiger partial charge in [0.1, 0.15) is 5.82 Å². The summed E-state index contributed by atoms with van der Waals surface area (Å²) in [5.74, 6) is -0.681. The number of carbonyl (C=O) groups excluding carboxylic acids is 3. The Morgan fingerprint density at radius 3 is 2.65 bits per heavy atom. The number of hydrogen-bond acceptors (Lipinski definition) is 5. The van der Waals surface area contributed by atoms with Gasteiger partial charge in [-0.15, -0.1) is 0 Å². The van der Waals surface area contributed by atoms with E-state index in [0.717, 1.165) is 31.2 Å². The van der Waals surface area contributed by atoms with Crippen LogP contribution in [0.4, 0.5) is 15.8 Å². The van der Waals surface area contributed by atoms with Crippen LogP contribution >= 0.6 is 0 Å². The molecular formula is C27H35FN6O3. The predicted molar refractivity (Wildman–Crippen MR) is 142 cm³/mol. The molecular weight excluding hydrogens is 475 g/mol. The Hall–Kier alpha value is -3.50. The highest BCUT2D eigenvalue weighted by Crippen LogP contribution is 2.34. The number of amides is 3. The zero-order chi connectivity index (χ0) is 26.4. The van der Waals surface area contributed by atoms with Crippen LogP contribution in [0.25, 0.3) is 11.6 Å². The smallest absolute Gasteiger partial charge is 0.256 e. The first kappa shape index (κ1) is 26.6. The third kappa shape index (κ3) is 6.64. The number of aromatic amines is 1. The van der Waals surface area contributed by atoms with Gasteiger partial charge in [-0.1, -0.05) is 12.8 Å². The number of hydrogen-bond donors (Lipinski definition) is 4. The Labute approximate surface area is 216 Å². The van der Waals surface area contributed by atoms with Crippen LogP contribution in [-0.2, 0) is 14.4 Å². The third-order valence-corrected chi connectivity index (χ3v) is 6.94. The van der Waals surface area contributed by atoms with E-state index in [2.05, 4.69) is 15.6 Å². The Morgan fingerprint density at radius 2 is 1.89 bits per heavy atom. The van der Waals surface area contributed by atoms with E-state index in [1.165, 1.54) is 18.2 Å². The first-order chi connectivity index (χ1) is 17.9. The van der Waals surface area contributed by atoms with Crippen molar-refractivity contribution >= 4 is 40.7 Å². The molecule has 0 aliphatic carbocycles. The number of carbonyl (C=O) groups is 3. The monoisotopic (exact) mass is 510 g/mol. The number of nitrogens with two attached hydrogens (primary N) is 1. The fraction of sp³-hybridized carbons (Fsp3) is 0.444.